The Kier molecular flexibility index (Phi) is 11.3. The van der Waals surface area contributed by atoms with Crippen molar-refractivity contribution in [3.8, 4) is 0 Å². The molecule has 2 unspecified atom stereocenters. The van der Waals surface area contributed by atoms with Gasteiger partial charge in [0.05, 0.1) is 5.56 Å². The van der Waals surface area contributed by atoms with Crippen molar-refractivity contribution < 1.29 is 4.79 Å². The number of pyridine rings is 1. The van der Waals surface area contributed by atoms with Crippen molar-refractivity contribution in [1.82, 2.24) is 15.2 Å². The highest BCUT2D eigenvalue weighted by Crippen LogP contribution is 2.36. The van der Waals surface area contributed by atoms with Gasteiger partial charge in [0.2, 0.25) is 0 Å². The number of nitrogens with two attached hydrogens (primary N) is 1. The Bertz CT molecular complexity index is 665. The fraction of sp³-hybridized carbons (Fsp3) is 0.778. The predicted molar refractivity (Wildman–Crippen MR) is 134 cm³/mol. The molecule has 5 heteroatoms. The topological polar surface area (TPSA) is 71.2 Å². The number of fused-ring (bicyclic) bond motifs is 1. The van der Waals surface area contributed by atoms with Crippen molar-refractivity contribution in [3.05, 3.63) is 23.9 Å². The van der Waals surface area contributed by atoms with E-state index < -0.39 is 0 Å². The Hall–Kier alpha value is -1.62. The molecule has 1 saturated heterocycles. The van der Waals surface area contributed by atoms with E-state index in [1.807, 2.05) is 0 Å². The Morgan fingerprint density at radius 3 is 2.31 bits per heavy atom. The lowest BCUT2D eigenvalue weighted by Crippen LogP contribution is -2.42. The van der Waals surface area contributed by atoms with Crippen LogP contribution in [0.25, 0.3) is 0 Å². The van der Waals surface area contributed by atoms with Gasteiger partial charge in [0.1, 0.15) is 5.82 Å². The van der Waals surface area contributed by atoms with Gasteiger partial charge in [-0.05, 0) is 62.7 Å². The van der Waals surface area contributed by atoms with E-state index in [0.29, 0.717) is 17.9 Å². The third-order valence-corrected chi connectivity index (χ3v) is 7.65. The van der Waals surface area contributed by atoms with E-state index in [1.165, 1.54) is 110 Å². The number of rotatable bonds is 14. The number of hydrogen-bond donors (Lipinski definition) is 2. The van der Waals surface area contributed by atoms with Gasteiger partial charge >= 0.3 is 0 Å². The van der Waals surface area contributed by atoms with Crippen molar-refractivity contribution >= 4 is 11.7 Å². The van der Waals surface area contributed by atoms with Gasteiger partial charge in [-0.25, -0.2) is 4.98 Å². The fourth-order valence-electron chi connectivity index (χ4n) is 5.66. The summed E-state index contributed by atoms with van der Waals surface area (Å²) in [6.07, 6.45) is 22.2. The van der Waals surface area contributed by atoms with Crippen LogP contribution in [-0.2, 0) is 0 Å². The van der Waals surface area contributed by atoms with Crippen molar-refractivity contribution in [1.29, 1.82) is 0 Å². The van der Waals surface area contributed by atoms with Crippen molar-refractivity contribution in [2.75, 3.05) is 31.9 Å². The Morgan fingerprint density at radius 2 is 1.59 bits per heavy atom. The zero-order chi connectivity index (χ0) is 22.4. The first-order chi connectivity index (χ1) is 15.7. The van der Waals surface area contributed by atoms with Crippen molar-refractivity contribution in [2.24, 2.45) is 11.8 Å². The Labute approximate surface area is 195 Å². The summed E-state index contributed by atoms with van der Waals surface area (Å²) >= 11 is 0. The Morgan fingerprint density at radius 1 is 0.938 bits per heavy atom. The quantitative estimate of drug-likeness (QED) is 0.357. The van der Waals surface area contributed by atoms with Gasteiger partial charge < -0.3 is 16.0 Å². The lowest BCUT2D eigenvalue weighted by molar-refractivity contribution is 0.0856. The molecule has 1 aromatic rings. The van der Waals surface area contributed by atoms with Crippen LogP contribution in [0.2, 0.25) is 0 Å². The molecule has 0 bridgehead atoms. The number of amides is 1. The SMILES string of the molecule is Nc1ncccc1C(=O)NCCCCCCCCCCCCN1CCC2CCCCC2C1. The zero-order valence-electron chi connectivity index (χ0n) is 20.2. The predicted octanol–water partition coefficient (Wildman–Crippen LogP) is 5.81. The number of unbranched alkanes of at least 4 members (excludes halogenated alkanes) is 9. The van der Waals surface area contributed by atoms with Crippen LogP contribution < -0.4 is 11.1 Å². The molecule has 2 fully saturated rings. The maximum atomic E-state index is 12.1. The monoisotopic (exact) mass is 442 g/mol. The number of nitrogens with zero attached hydrogens (tertiary/aromatic N) is 2. The first-order valence-corrected chi connectivity index (χ1v) is 13.4. The smallest absolute Gasteiger partial charge is 0.255 e. The molecule has 0 aromatic carbocycles. The van der Waals surface area contributed by atoms with Crippen LogP contribution in [0.1, 0.15) is 107 Å². The van der Waals surface area contributed by atoms with Gasteiger partial charge in [0, 0.05) is 19.3 Å². The molecule has 0 spiro atoms. The number of aromatic nitrogens is 1. The summed E-state index contributed by atoms with van der Waals surface area (Å²) in [6.45, 7) is 4.81. The second-order valence-electron chi connectivity index (χ2n) is 10.1. The summed E-state index contributed by atoms with van der Waals surface area (Å²) in [5.74, 6) is 2.27. The van der Waals surface area contributed by atoms with Crippen LogP contribution in [-0.4, -0.2) is 42.0 Å². The summed E-state index contributed by atoms with van der Waals surface area (Å²) < 4.78 is 0. The second-order valence-corrected chi connectivity index (χ2v) is 10.1. The minimum absolute atomic E-state index is 0.117. The Balaban J connectivity index is 1.07. The number of carbonyl (C=O) groups is 1. The molecule has 3 N–H and O–H groups in total. The average molecular weight is 443 g/mol. The molecular formula is C27H46N4O. The number of anilines is 1. The summed E-state index contributed by atoms with van der Waals surface area (Å²) in [5.41, 5.74) is 6.21. The molecule has 180 valence electrons. The molecule has 1 aromatic heterocycles. The average Bonchev–Trinajstić information content (AvgIpc) is 2.82. The first kappa shape index (κ1) is 25.0. The van der Waals surface area contributed by atoms with E-state index >= 15 is 0 Å². The normalized spacial score (nSPS) is 21.2. The largest absolute Gasteiger partial charge is 0.383 e. The summed E-state index contributed by atoms with van der Waals surface area (Å²) in [6, 6.07) is 3.46. The van der Waals surface area contributed by atoms with Gasteiger partial charge in [-0.3, -0.25) is 4.79 Å². The number of carbonyl (C=O) groups excluding carboxylic acids is 1. The number of nitrogens with one attached hydrogen (secondary N) is 1. The number of nitrogen functional groups attached to an aromatic ring is 1. The maximum Gasteiger partial charge on any atom is 0.255 e. The van der Waals surface area contributed by atoms with Crippen LogP contribution in [0.3, 0.4) is 0 Å². The molecule has 0 radical (unpaired) electrons. The van der Waals surface area contributed by atoms with Crippen LogP contribution >= 0.6 is 0 Å². The van der Waals surface area contributed by atoms with Crippen molar-refractivity contribution in [3.63, 3.8) is 0 Å². The summed E-state index contributed by atoms with van der Waals surface area (Å²) in [4.78, 5) is 18.8. The van der Waals surface area contributed by atoms with E-state index in [1.54, 1.807) is 18.3 Å². The molecule has 1 saturated carbocycles. The van der Waals surface area contributed by atoms with E-state index in [0.717, 1.165) is 18.3 Å². The summed E-state index contributed by atoms with van der Waals surface area (Å²) in [7, 11) is 0. The van der Waals surface area contributed by atoms with E-state index in [2.05, 4.69) is 15.2 Å². The molecular weight excluding hydrogens is 396 g/mol. The number of hydrogen-bond acceptors (Lipinski definition) is 4. The van der Waals surface area contributed by atoms with Crippen molar-refractivity contribution in [2.45, 2.75) is 96.3 Å². The van der Waals surface area contributed by atoms with Gasteiger partial charge in [-0.2, -0.15) is 0 Å². The van der Waals surface area contributed by atoms with Gasteiger partial charge in [-0.1, -0.05) is 70.6 Å². The highest BCUT2D eigenvalue weighted by Gasteiger charge is 2.30. The highest BCUT2D eigenvalue weighted by atomic mass is 16.1. The highest BCUT2D eigenvalue weighted by molar-refractivity contribution is 5.98. The van der Waals surface area contributed by atoms with Crippen LogP contribution in [0.4, 0.5) is 5.82 Å². The lowest BCUT2D eigenvalue weighted by Gasteiger charge is -2.41. The van der Waals surface area contributed by atoms with Gasteiger partial charge in [-0.15, -0.1) is 0 Å². The molecule has 2 atom stereocenters. The molecule has 5 nitrogen and oxygen atoms in total. The minimum Gasteiger partial charge on any atom is -0.383 e. The molecule has 3 rings (SSSR count). The third-order valence-electron chi connectivity index (χ3n) is 7.65. The molecule has 1 aliphatic heterocycles. The van der Waals surface area contributed by atoms with E-state index in [9.17, 15) is 4.79 Å². The van der Waals surface area contributed by atoms with E-state index in [4.69, 9.17) is 5.73 Å². The first-order valence-electron chi connectivity index (χ1n) is 13.4. The molecule has 2 aliphatic rings. The lowest BCUT2D eigenvalue weighted by atomic mass is 9.75. The van der Waals surface area contributed by atoms with E-state index in [-0.39, 0.29) is 5.91 Å². The summed E-state index contributed by atoms with van der Waals surface area (Å²) in [5, 5.41) is 2.95. The molecule has 1 amide bonds. The van der Waals surface area contributed by atoms with Crippen LogP contribution in [0.5, 0.6) is 0 Å². The molecule has 2 heterocycles. The van der Waals surface area contributed by atoms with Crippen LogP contribution in [0, 0.1) is 11.8 Å². The molecule has 32 heavy (non-hydrogen) atoms. The maximum absolute atomic E-state index is 12.1. The number of piperidine rings is 1. The second kappa shape index (κ2) is 14.5. The van der Waals surface area contributed by atoms with Crippen LogP contribution in [0.15, 0.2) is 18.3 Å². The van der Waals surface area contributed by atoms with Gasteiger partial charge in [0.15, 0.2) is 0 Å². The fourth-order valence-corrected chi connectivity index (χ4v) is 5.66. The standard InChI is InChI=1S/C27H46N4O/c28-26-25(16-13-19-29-26)27(32)30-18-11-7-5-3-1-2-4-6-8-12-20-31-21-17-23-14-9-10-15-24(23)22-31/h13,16,19,23-24H,1-12,14-15,17-18,20-22H2,(H2,28,29)(H,30,32). The van der Waals surface area contributed by atoms with Gasteiger partial charge in [0.25, 0.3) is 5.91 Å². The zero-order valence-corrected chi connectivity index (χ0v) is 20.2. The minimum atomic E-state index is -0.117. The number of likely N-dealkylation sites (tertiary alicyclic amines) is 1. The molecule has 1 aliphatic carbocycles. The third kappa shape index (κ3) is 8.73.